The monoisotopic (exact) mass is 439 g/mol. The van der Waals surface area contributed by atoms with Crippen molar-refractivity contribution in [1.82, 2.24) is 9.97 Å². The third kappa shape index (κ3) is 5.41. The van der Waals surface area contributed by atoms with Gasteiger partial charge in [0.15, 0.2) is 0 Å². The Bertz CT molecular complexity index is 1300. The van der Waals surface area contributed by atoms with Gasteiger partial charge in [0.05, 0.1) is 23.9 Å². The summed E-state index contributed by atoms with van der Waals surface area (Å²) in [6.07, 6.45) is 3.69. The Morgan fingerprint density at radius 2 is 1.58 bits per heavy atom. The van der Waals surface area contributed by atoms with E-state index < -0.39 is 5.91 Å². The van der Waals surface area contributed by atoms with E-state index in [9.17, 15) is 9.59 Å². The summed E-state index contributed by atoms with van der Waals surface area (Å²) in [6.45, 7) is 0. The van der Waals surface area contributed by atoms with Crippen LogP contribution in [0.1, 0.15) is 32.7 Å². The zero-order valence-electron chi connectivity index (χ0n) is 18.5. The molecule has 0 spiro atoms. The van der Waals surface area contributed by atoms with E-state index in [2.05, 4.69) is 22.1 Å². The topological polar surface area (TPSA) is 95.2 Å². The lowest BCUT2D eigenvalue weighted by molar-refractivity contribution is -0.117. The zero-order chi connectivity index (χ0) is 23.2. The zero-order valence-corrected chi connectivity index (χ0v) is 18.5. The minimum atomic E-state index is -0.503. The fraction of sp³-hybridized carbons (Fsp3) is 0.185. The van der Waals surface area contributed by atoms with Crippen molar-refractivity contribution in [3.05, 3.63) is 101 Å². The van der Waals surface area contributed by atoms with E-state index >= 15 is 0 Å². The number of Topliss-reactive ketones (excluding diaryl/α,β-unsaturated/α-hetero) is 1. The number of para-hydroxylation sites is 1. The number of hydrogen-bond acceptors (Lipinski definition) is 5. The summed E-state index contributed by atoms with van der Waals surface area (Å²) in [5.41, 5.74) is 10.4. The van der Waals surface area contributed by atoms with Crippen LogP contribution in [0.15, 0.2) is 73.1 Å². The SMILES string of the molecule is COc1ccc(CC(=O)Cc2cccc(CCc3ncnc4c(C(N)=O)cccc34)c2)cc1. The second kappa shape index (κ2) is 10.0. The van der Waals surface area contributed by atoms with Crippen LogP contribution in [0.25, 0.3) is 10.9 Å². The normalized spacial score (nSPS) is 10.8. The first kappa shape index (κ1) is 22.1. The second-order valence-corrected chi connectivity index (χ2v) is 7.95. The van der Waals surface area contributed by atoms with Crippen molar-refractivity contribution in [3.63, 3.8) is 0 Å². The molecule has 0 aliphatic heterocycles. The quantitative estimate of drug-likeness (QED) is 0.427. The first-order valence-corrected chi connectivity index (χ1v) is 10.8. The van der Waals surface area contributed by atoms with Gasteiger partial charge in [-0.2, -0.15) is 0 Å². The molecule has 1 heterocycles. The van der Waals surface area contributed by atoms with Crippen LogP contribution < -0.4 is 10.5 Å². The summed E-state index contributed by atoms with van der Waals surface area (Å²) in [7, 11) is 1.62. The predicted molar refractivity (Wildman–Crippen MR) is 127 cm³/mol. The number of aryl methyl sites for hydroxylation is 2. The molecule has 0 fully saturated rings. The maximum atomic E-state index is 12.6. The van der Waals surface area contributed by atoms with Crippen molar-refractivity contribution in [2.45, 2.75) is 25.7 Å². The number of hydrogen-bond donors (Lipinski definition) is 1. The van der Waals surface area contributed by atoms with Crippen molar-refractivity contribution in [2.75, 3.05) is 7.11 Å². The first-order valence-electron chi connectivity index (χ1n) is 10.8. The van der Waals surface area contributed by atoms with E-state index in [4.69, 9.17) is 10.5 Å². The molecule has 1 aromatic heterocycles. The molecule has 4 rings (SSSR count). The number of primary amides is 1. The number of ketones is 1. The number of benzene rings is 3. The molecule has 1 amide bonds. The Balaban J connectivity index is 1.43. The summed E-state index contributed by atoms with van der Waals surface area (Å²) in [5.74, 6) is 0.441. The molecular formula is C27H25N3O3. The van der Waals surface area contributed by atoms with Gasteiger partial charge in [0.25, 0.3) is 5.91 Å². The molecule has 0 bridgehead atoms. The molecule has 4 aromatic rings. The highest BCUT2D eigenvalue weighted by molar-refractivity contribution is 6.05. The summed E-state index contributed by atoms with van der Waals surface area (Å²) in [4.78, 5) is 33.0. The van der Waals surface area contributed by atoms with Crippen LogP contribution in [0.5, 0.6) is 5.75 Å². The Morgan fingerprint density at radius 1 is 0.848 bits per heavy atom. The number of amides is 1. The van der Waals surface area contributed by atoms with E-state index in [0.717, 1.165) is 39.9 Å². The van der Waals surface area contributed by atoms with Crippen molar-refractivity contribution in [1.29, 1.82) is 0 Å². The molecule has 0 aliphatic rings. The number of nitrogens with zero attached hydrogens (tertiary/aromatic N) is 2. The molecule has 6 heteroatoms. The van der Waals surface area contributed by atoms with E-state index in [1.807, 2.05) is 42.5 Å². The van der Waals surface area contributed by atoms with E-state index in [1.165, 1.54) is 6.33 Å². The Labute approximate surface area is 192 Å². The van der Waals surface area contributed by atoms with Gasteiger partial charge in [-0.15, -0.1) is 0 Å². The maximum Gasteiger partial charge on any atom is 0.250 e. The average molecular weight is 440 g/mol. The molecule has 0 unspecified atom stereocenters. The summed E-state index contributed by atoms with van der Waals surface area (Å²) >= 11 is 0. The Morgan fingerprint density at radius 3 is 2.33 bits per heavy atom. The third-order valence-corrected chi connectivity index (χ3v) is 5.62. The first-order chi connectivity index (χ1) is 16.0. The van der Waals surface area contributed by atoms with E-state index in [1.54, 1.807) is 19.2 Å². The lowest BCUT2D eigenvalue weighted by Crippen LogP contribution is -2.12. The number of nitrogens with two attached hydrogens (primary N) is 1. The van der Waals surface area contributed by atoms with E-state index in [0.29, 0.717) is 30.3 Å². The summed E-state index contributed by atoms with van der Waals surface area (Å²) in [6, 6.07) is 21.0. The summed E-state index contributed by atoms with van der Waals surface area (Å²) < 4.78 is 5.16. The lowest BCUT2D eigenvalue weighted by Gasteiger charge is -2.09. The van der Waals surface area contributed by atoms with Crippen molar-refractivity contribution in [3.8, 4) is 5.75 Å². The largest absolute Gasteiger partial charge is 0.497 e. The van der Waals surface area contributed by atoms with Crippen molar-refractivity contribution in [2.24, 2.45) is 5.73 Å². The van der Waals surface area contributed by atoms with Gasteiger partial charge >= 0.3 is 0 Å². The van der Waals surface area contributed by atoms with Crippen molar-refractivity contribution >= 4 is 22.6 Å². The highest BCUT2D eigenvalue weighted by atomic mass is 16.5. The highest BCUT2D eigenvalue weighted by Gasteiger charge is 2.12. The second-order valence-electron chi connectivity index (χ2n) is 7.95. The molecule has 0 saturated carbocycles. The molecule has 33 heavy (non-hydrogen) atoms. The number of ether oxygens (including phenoxy) is 1. The highest BCUT2D eigenvalue weighted by Crippen LogP contribution is 2.20. The van der Waals surface area contributed by atoms with Crippen LogP contribution in [0.4, 0.5) is 0 Å². The predicted octanol–water partition coefficient (Wildman–Crippen LogP) is 3.88. The fourth-order valence-corrected chi connectivity index (χ4v) is 3.96. The number of rotatable bonds is 9. The van der Waals surface area contributed by atoms with Crippen LogP contribution >= 0.6 is 0 Å². The number of aromatic nitrogens is 2. The van der Waals surface area contributed by atoms with Crippen LogP contribution in [0.3, 0.4) is 0 Å². The van der Waals surface area contributed by atoms with Crippen LogP contribution in [-0.4, -0.2) is 28.8 Å². The van der Waals surface area contributed by atoms with Crippen LogP contribution in [0.2, 0.25) is 0 Å². The van der Waals surface area contributed by atoms with Gasteiger partial charge in [0.1, 0.15) is 17.9 Å². The lowest BCUT2D eigenvalue weighted by atomic mass is 9.98. The fourth-order valence-electron chi connectivity index (χ4n) is 3.96. The van der Waals surface area contributed by atoms with Gasteiger partial charge in [-0.3, -0.25) is 9.59 Å². The summed E-state index contributed by atoms with van der Waals surface area (Å²) in [5, 5.41) is 0.833. The number of fused-ring (bicyclic) bond motifs is 1. The average Bonchev–Trinajstić information content (AvgIpc) is 2.83. The maximum absolute atomic E-state index is 12.6. The van der Waals surface area contributed by atoms with Crippen LogP contribution in [0, 0.1) is 0 Å². The van der Waals surface area contributed by atoms with Gasteiger partial charge in [-0.1, -0.05) is 48.5 Å². The minimum Gasteiger partial charge on any atom is -0.497 e. The van der Waals surface area contributed by atoms with Gasteiger partial charge in [0.2, 0.25) is 0 Å². The molecular weight excluding hydrogens is 414 g/mol. The van der Waals surface area contributed by atoms with Crippen molar-refractivity contribution < 1.29 is 14.3 Å². The van der Waals surface area contributed by atoms with E-state index in [-0.39, 0.29) is 5.78 Å². The Kier molecular flexibility index (Phi) is 6.74. The number of carbonyl (C=O) groups excluding carboxylic acids is 2. The van der Waals surface area contributed by atoms with Crippen LogP contribution in [-0.2, 0) is 30.5 Å². The molecule has 0 radical (unpaired) electrons. The van der Waals surface area contributed by atoms with Gasteiger partial charge in [-0.25, -0.2) is 9.97 Å². The number of methoxy groups -OCH3 is 1. The molecule has 0 aliphatic carbocycles. The molecule has 6 nitrogen and oxygen atoms in total. The molecule has 3 aromatic carbocycles. The van der Waals surface area contributed by atoms with Gasteiger partial charge < -0.3 is 10.5 Å². The molecule has 2 N–H and O–H groups in total. The molecule has 0 atom stereocenters. The minimum absolute atomic E-state index is 0.165. The van der Waals surface area contributed by atoms with Gasteiger partial charge in [-0.05, 0) is 47.7 Å². The Hall–Kier alpha value is -4.06. The van der Waals surface area contributed by atoms with Gasteiger partial charge in [0, 0.05) is 18.2 Å². The molecule has 0 saturated heterocycles. The number of carbonyl (C=O) groups is 2. The third-order valence-electron chi connectivity index (χ3n) is 5.62. The smallest absolute Gasteiger partial charge is 0.250 e. The molecule has 166 valence electrons. The standard InChI is InChI=1S/C27H25N3O3/c1-33-22-11-8-19(9-12-22)15-21(31)16-20-5-2-4-18(14-20)10-13-25-23-6-3-7-24(27(28)32)26(23)30-17-29-25/h2-9,11-12,14,17H,10,13,15-16H2,1H3,(H2,28,32).